The van der Waals surface area contributed by atoms with Crippen molar-refractivity contribution < 1.29 is 41.4 Å². The van der Waals surface area contributed by atoms with Crippen LogP contribution in [0.4, 0.5) is 32.4 Å². The highest BCUT2D eigenvalue weighted by molar-refractivity contribution is 6.34. The Morgan fingerprint density at radius 3 is 2.42 bits per heavy atom. The van der Waals surface area contributed by atoms with E-state index in [0.29, 0.717) is 30.9 Å². The Hall–Kier alpha value is -4.29. The van der Waals surface area contributed by atoms with Gasteiger partial charge in [-0.15, -0.1) is 0 Å². The molecule has 256 valence electrons. The number of nitrogens with one attached hydrogen (secondary N) is 4. The Labute approximate surface area is 273 Å². The molecular weight excluding hydrogens is 669 g/mol. The number of halogens is 6. The third-order valence-corrected chi connectivity index (χ3v) is 9.63. The number of piperidine rings is 1. The van der Waals surface area contributed by atoms with Gasteiger partial charge in [-0.1, -0.05) is 11.6 Å². The Morgan fingerprint density at radius 2 is 1.81 bits per heavy atom. The van der Waals surface area contributed by atoms with E-state index in [-0.39, 0.29) is 57.7 Å². The molecule has 0 spiro atoms. The van der Waals surface area contributed by atoms with Crippen LogP contribution in [-0.4, -0.2) is 97.5 Å². The van der Waals surface area contributed by atoms with Crippen LogP contribution in [0.2, 0.25) is 5.02 Å². The highest BCUT2D eigenvalue weighted by Gasteiger charge is 2.60. The molecule has 0 bridgehead atoms. The smallest absolute Gasteiger partial charge is 0.390 e. The standard InChI is InChI=1S/C29H29ClF5N9O4/c1-42-19(16-11-44(21-5-28(21,31)32)41-23(16)29(33,34)35)7-37-24(42)26(47)38-12-2-3-13(17(30)4-12)25(46)40-22-14-9-43(10-15(14)22)27(48)39-18-6-36-8-20(18)45/h2-4,7,11,14-15,18,20-22,36,45H,5-6,8-10H2,1H3,(H,38,47)(H,39,48)(H,40,46)/t14-,15+,18-,20-,21+,22+/m0/s1. The summed E-state index contributed by atoms with van der Waals surface area (Å²) in [6.45, 7) is 1.83. The number of aliphatic hydroxyl groups excluding tert-OH is 1. The van der Waals surface area contributed by atoms with Gasteiger partial charge in [-0.25, -0.2) is 18.6 Å². The zero-order chi connectivity index (χ0) is 34.3. The summed E-state index contributed by atoms with van der Waals surface area (Å²) in [5.41, 5.74) is -1.72. The number of rotatable bonds is 7. The lowest BCUT2D eigenvalue weighted by atomic mass is 10.2. The number of imidazole rings is 1. The number of hydrogen-bond acceptors (Lipinski definition) is 7. The molecule has 2 aliphatic heterocycles. The fourth-order valence-corrected chi connectivity index (χ4v) is 6.73. The molecule has 2 saturated heterocycles. The van der Waals surface area contributed by atoms with Crippen molar-refractivity contribution >= 4 is 35.1 Å². The lowest BCUT2D eigenvalue weighted by molar-refractivity contribution is -0.141. The summed E-state index contributed by atoms with van der Waals surface area (Å²) in [4.78, 5) is 44.2. The summed E-state index contributed by atoms with van der Waals surface area (Å²) in [6.07, 6.45) is -4.32. The second-order valence-corrected chi connectivity index (χ2v) is 12.9. The third-order valence-electron chi connectivity index (χ3n) is 9.32. The van der Waals surface area contributed by atoms with Crippen LogP contribution in [0.25, 0.3) is 11.3 Å². The minimum atomic E-state index is -4.95. The Balaban J connectivity index is 0.967. The van der Waals surface area contributed by atoms with Crippen molar-refractivity contribution in [2.45, 2.75) is 42.7 Å². The van der Waals surface area contributed by atoms with Gasteiger partial charge in [0.1, 0.15) is 6.04 Å². The summed E-state index contributed by atoms with van der Waals surface area (Å²) in [5.74, 6) is -4.50. The molecule has 3 aromatic rings. The molecule has 4 amide bonds. The Kier molecular flexibility index (Phi) is 7.67. The number of amides is 4. The number of nitrogens with zero attached hydrogens (tertiary/aromatic N) is 5. The van der Waals surface area contributed by atoms with E-state index >= 15 is 0 Å². The molecule has 2 aliphatic carbocycles. The molecule has 48 heavy (non-hydrogen) atoms. The van der Waals surface area contributed by atoms with Crippen molar-refractivity contribution in [3.63, 3.8) is 0 Å². The van der Waals surface area contributed by atoms with Crippen LogP contribution in [0, 0.1) is 11.8 Å². The Morgan fingerprint density at radius 1 is 1.10 bits per heavy atom. The second-order valence-electron chi connectivity index (χ2n) is 12.5. The van der Waals surface area contributed by atoms with Crippen LogP contribution in [0.15, 0.2) is 30.6 Å². The normalized spacial score (nSPS) is 27.0. The van der Waals surface area contributed by atoms with E-state index in [1.54, 1.807) is 4.90 Å². The van der Waals surface area contributed by atoms with E-state index in [2.05, 4.69) is 31.3 Å². The number of β-amino-alcohol motifs (C(OH)–C–C–N with tert-alkyl or cyclic N) is 1. The summed E-state index contributed by atoms with van der Waals surface area (Å²) in [5, 5.41) is 24.6. The van der Waals surface area contributed by atoms with Crippen LogP contribution in [0.3, 0.4) is 0 Å². The number of aromatic nitrogens is 4. The summed E-state index contributed by atoms with van der Waals surface area (Å²) in [6, 6.07) is 1.94. The number of carbonyl (C=O) groups excluding carboxylic acids is 3. The van der Waals surface area contributed by atoms with Crippen molar-refractivity contribution in [3.05, 3.63) is 52.7 Å². The molecule has 19 heteroatoms. The molecule has 4 heterocycles. The molecule has 4 fully saturated rings. The van der Waals surface area contributed by atoms with Crippen molar-refractivity contribution in [3.8, 4) is 11.3 Å². The lowest BCUT2D eigenvalue weighted by Crippen LogP contribution is -2.49. The monoisotopic (exact) mass is 697 g/mol. The quantitative estimate of drug-likeness (QED) is 0.238. The van der Waals surface area contributed by atoms with Gasteiger partial charge in [-0.05, 0) is 18.2 Å². The van der Waals surface area contributed by atoms with E-state index in [1.807, 2.05) is 0 Å². The number of alkyl halides is 5. The number of likely N-dealkylation sites (tertiary alicyclic amines) is 1. The first kappa shape index (κ1) is 32.3. The van der Waals surface area contributed by atoms with Crippen LogP contribution >= 0.6 is 11.6 Å². The zero-order valence-corrected chi connectivity index (χ0v) is 25.8. The molecular formula is C29H29ClF5N9O4. The SMILES string of the molecule is Cn1c(-c2cn([C@@H]3CC3(F)F)nc2C(F)(F)F)cnc1C(=O)Nc1ccc(C(=O)N[C@H]2[C@@H]3CN(C(=O)N[C@H]4CNC[C@@H]4O)C[C@@H]32)c(Cl)c1. The molecule has 13 nitrogen and oxygen atoms in total. The maximum absolute atomic E-state index is 13.7. The number of urea groups is 1. The van der Waals surface area contributed by atoms with Crippen molar-refractivity contribution in [2.24, 2.45) is 18.9 Å². The van der Waals surface area contributed by atoms with Gasteiger partial charge in [0.25, 0.3) is 17.7 Å². The number of hydrogen-bond donors (Lipinski definition) is 5. The van der Waals surface area contributed by atoms with Crippen molar-refractivity contribution in [2.75, 3.05) is 31.5 Å². The third kappa shape index (κ3) is 5.85. The second kappa shape index (κ2) is 11.4. The lowest BCUT2D eigenvalue weighted by Gasteiger charge is -2.24. The van der Waals surface area contributed by atoms with Gasteiger partial charge in [0.2, 0.25) is 0 Å². The van der Waals surface area contributed by atoms with E-state index in [4.69, 9.17) is 11.6 Å². The minimum absolute atomic E-state index is 0.0282. The van der Waals surface area contributed by atoms with Crippen LogP contribution in [0.5, 0.6) is 0 Å². The fourth-order valence-electron chi connectivity index (χ4n) is 6.47. The molecule has 6 atom stereocenters. The van der Waals surface area contributed by atoms with Gasteiger partial charge in [-0.2, -0.15) is 18.3 Å². The maximum atomic E-state index is 13.7. The van der Waals surface area contributed by atoms with Crippen LogP contribution in [-0.2, 0) is 13.2 Å². The number of aliphatic hydroxyl groups is 1. The van der Waals surface area contributed by atoms with E-state index < -0.39 is 53.7 Å². The summed E-state index contributed by atoms with van der Waals surface area (Å²) >= 11 is 6.38. The molecule has 0 unspecified atom stereocenters. The summed E-state index contributed by atoms with van der Waals surface area (Å²) < 4.78 is 70.0. The zero-order valence-electron chi connectivity index (χ0n) is 25.1. The van der Waals surface area contributed by atoms with Gasteiger partial charge in [-0.3, -0.25) is 14.3 Å². The predicted octanol–water partition coefficient (Wildman–Crippen LogP) is 2.49. The molecule has 0 radical (unpaired) electrons. The van der Waals surface area contributed by atoms with Crippen molar-refractivity contribution in [1.82, 2.24) is 40.2 Å². The van der Waals surface area contributed by atoms with E-state index in [9.17, 15) is 41.4 Å². The first-order chi connectivity index (χ1) is 22.6. The molecule has 4 aliphatic rings. The molecule has 5 N–H and O–H groups in total. The van der Waals surface area contributed by atoms with Crippen LogP contribution in [0.1, 0.15) is 39.1 Å². The van der Waals surface area contributed by atoms with Gasteiger partial charge < -0.3 is 35.8 Å². The minimum Gasteiger partial charge on any atom is -0.390 e. The number of carbonyl (C=O) groups is 3. The largest absolute Gasteiger partial charge is 0.435 e. The molecule has 2 saturated carbocycles. The molecule has 1 aromatic carbocycles. The average Bonchev–Trinajstić information content (AvgIpc) is 3.46. The molecule has 7 rings (SSSR count). The van der Waals surface area contributed by atoms with Gasteiger partial charge in [0, 0.05) is 69.4 Å². The predicted molar refractivity (Wildman–Crippen MR) is 158 cm³/mol. The number of fused-ring (bicyclic) bond motifs is 1. The van der Waals surface area contributed by atoms with Gasteiger partial charge in [0.15, 0.2) is 11.5 Å². The van der Waals surface area contributed by atoms with Crippen molar-refractivity contribution in [1.29, 1.82) is 0 Å². The van der Waals surface area contributed by atoms with E-state index in [1.165, 1.54) is 25.2 Å². The fraction of sp³-hybridized carbons (Fsp3) is 0.483. The maximum Gasteiger partial charge on any atom is 0.435 e. The number of anilines is 1. The highest BCUT2D eigenvalue weighted by atomic mass is 35.5. The highest BCUT2D eigenvalue weighted by Crippen LogP contribution is 2.53. The van der Waals surface area contributed by atoms with Gasteiger partial charge >= 0.3 is 12.2 Å². The first-order valence-corrected chi connectivity index (χ1v) is 15.4. The first-order valence-electron chi connectivity index (χ1n) is 15.0. The molecule has 2 aromatic heterocycles. The average molecular weight is 698 g/mol. The summed E-state index contributed by atoms with van der Waals surface area (Å²) in [7, 11) is 1.30. The number of benzene rings is 1. The Bertz CT molecular complexity index is 1800. The van der Waals surface area contributed by atoms with Crippen LogP contribution < -0.4 is 21.3 Å². The van der Waals surface area contributed by atoms with Gasteiger partial charge in [0.05, 0.1) is 40.2 Å². The van der Waals surface area contributed by atoms with E-state index in [0.717, 1.165) is 17.0 Å². The topological polar surface area (TPSA) is 158 Å².